The number of benzene rings is 1. The van der Waals surface area contributed by atoms with Crippen molar-refractivity contribution in [3.63, 3.8) is 0 Å². The molecule has 2 aromatic heterocycles. The number of hydrogen-bond donors (Lipinski definition) is 0. The van der Waals surface area contributed by atoms with Gasteiger partial charge in [0.15, 0.2) is 0 Å². The third-order valence-corrected chi connectivity index (χ3v) is 3.51. The molecule has 0 unspecified atom stereocenters. The lowest BCUT2D eigenvalue weighted by molar-refractivity contribution is 0.968. The molecule has 0 radical (unpaired) electrons. The Morgan fingerprint density at radius 3 is 2.45 bits per heavy atom. The predicted molar refractivity (Wildman–Crippen MR) is 80.5 cm³/mol. The van der Waals surface area contributed by atoms with E-state index in [-0.39, 0.29) is 0 Å². The van der Waals surface area contributed by atoms with E-state index in [4.69, 9.17) is 0 Å². The number of hydrogen-bond acceptors (Lipinski definition) is 4. The van der Waals surface area contributed by atoms with Crippen LogP contribution in [0.2, 0.25) is 0 Å². The Morgan fingerprint density at radius 1 is 0.950 bits per heavy atom. The fourth-order valence-electron chi connectivity index (χ4n) is 2.16. The van der Waals surface area contributed by atoms with E-state index in [9.17, 15) is 0 Å². The molecule has 102 valence electrons. The number of nitrogens with zero attached hydrogens (tertiary/aromatic N) is 5. The van der Waals surface area contributed by atoms with Gasteiger partial charge in [-0.15, -0.1) is 0 Å². The normalized spacial score (nSPS) is 11.0. The molecule has 5 heteroatoms. The standard InChI is InChI=1S/C15H17N5/c1-10-5-12-13(6-11(10)2)20(9-18-12)15-7-14(19(3)4)16-8-17-15/h5-9H,1-4H3. The number of imidazole rings is 1. The molecule has 0 spiro atoms. The van der Waals surface area contributed by atoms with Gasteiger partial charge in [-0.1, -0.05) is 0 Å². The molecule has 3 rings (SSSR count). The third-order valence-electron chi connectivity index (χ3n) is 3.51. The Labute approximate surface area is 117 Å². The van der Waals surface area contributed by atoms with Crippen LogP contribution < -0.4 is 4.90 Å². The number of rotatable bonds is 2. The lowest BCUT2D eigenvalue weighted by Gasteiger charge is -2.12. The summed E-state index contributed by atoms with van der Waals surface area (Å²) in [7, 11) is 3.93. The molecule has 5 nitrogen and oxygen atoms in total. The van der Waals surface area contributed by atoms with E-state index in [0.29, 0.717) is 0 Å². The Morgan fingerprint density at radius 2 is 1.70 bits per heavy atom. The van der Waals surface area contributed by atoms with Crippen molar-refractivity contribution >= 4 is 16.9 Å². The molecule has 0 fully saturated rings. The zero-order valence-electron chi connectivity index (χ0n) is 12.1. The summed E-state index contributed by atoms with van der Waals surface area (Å²) in [6, 6.07) is 6.21. The highest BCUT2D eigenvalue weighted by Crippen LogP contribution is 2.21. The van der Waals surface area contributed by atoms with Crippen LogP contribution in [-0.4, -0.2) is 33.6 Å². The Balaban J connectivity index is 2.19. The SMILES string of the molecule is Cc1cc2ncn(-c3cc(N(C)C)ncn3)c2cc1C. The molecule has 2 heterocycles. The van der Waals surface area contributed by atoms with Crippen LogP contribution in [0.5, 0.6) is 0 Å². The van der Waals surface area contributed by atoms with Crippen molar-refractivity contribution in [3.05, 3.63) is 42.0 Å². The average molecular weight is 267 g/mol. The van der Waals surface area contributed by atoms with Crippen molar-refractivity contribution in [1.29, 1.82) is 0 Å². The second-order valence-corrected chi connectivity index (χ2v) is 5.17. The third kappa shape index (κ3) is 2.01. The van der Waals surface area contributed by atoms with Crippen LogP contribution in [0.1, 0.15) is 11.1 Å². The van der Waals surface area contributed by atoms with Crippen LogP contribution in [0.3, 0.4) is 0 Å². The number of aromatic nitrogens is 4. The lowest BCUT2D eigenvalue weighted by atomic mass is 10.1. The van der Waals surface area contributed by atoms with Crippen LogP contribution in [0.4, 0.5) is 5.82 Å². The van der Waals surface area contributed by atoms with Crippen molar-refractivity contribution in [2.75, 3.05) is 19.0 Å². The first-order valence-corrected chi connectivity index (χ1v) is 6.50. The molecule has 0 saturated carbocycles. The van der Waals surface area contributed by atoms with E-state index in [0.717, 1.165) is 22.7 Å². The molecule has 3 aromatic rings. The molecule has 0 saturated heterocycles. The average Bonchev–Trinajstić information content (AvgIpc) is 2.82. The van der Waals surface area contributed by atoms with Gasteiger partial charge in [0.05, 0.1) is 11.0 Å². The van der Waals surface area contributed by atoms with Gasteiger partial charge in [-0.05, 0) is 37.1 Å². The minimum Gasteiger partial charge on any atom is -0.363 e. The van der Waals surface area contributed by atoms with Crippen LogP contribution in [-0.2, 0) is 0 Å². The second kappa shape index (κ2) is 4.59. The first kappa shape index (κ1) is 12.6. The number of fused-ring (bicyclic) bond motifs is 1. The first-order chi connectivity index (χ1) is 9.56. The molecule has 0 N–H and O–H groups in total. The highest BCUT2D eigenvalue weighted by Gasteiger charge is 2.09. The van der Waals surface area contributed by atoms with Gasteiger partial charge >= 0.3 is 0 Å². The van der Waals surface area contributed by atoms with Crippen LogP contribution >= 0.6 is 0 Å². The maximum absolute atomic E-state index is 4.46. The van der Waals surface area contributed by atoms with Gasteiger partial charge in [-0.25, -0.2) is 15.0 Å². The maximum atomic E-state index is 4.46. The summed E-state index contributed by atoms with van der Waals surface area (Å²) in [5.41, 5.74) is 4.55. The molecule has 20 heavy (non-hydrogen) atoms. The van der Waals surface area contributed by atoms with Gasteiger partial charge in [0.1, 0.15) is 24.3 Å². The zero-order chi connectivity index (χ0) is 14.3. The van der Waals surface area contributed by atoms with Gasteiger partial charge < -0.3 is 4.90 Å². The predicted octanol–water partition coefficient (Wildman–Crippen LogP) is 2.50. The van der Waals surface area contributed by atoms with E-state index in [2.05, 4.69) is 40.9 Å². The first-order valence-electron chi connectivity index (χ1n) is 6.50. The molecular weight excluding hydrogens is 250 g/mol. The van der Waals surface area contributed by atoms with Crippen LogP contribution in [0.15, 0.2) is 30.9 Å². The van der Waals surface area contributed by atoms with Crippen molar-refractivity contribution in [2.24, 2.45) is 0 Å². The van der Waals surface area contributed by atoms with Gasteiger partial charge in [0.25, 0.3) is 0 Å². The molecule has 0 amide bonds. The lowest BCUT2D eigenvalue weighted by Crippen LogP contribution is -2.11. The smallest absolute Gasteiger partial charge is 0.143 e. The maximum Gasteiger partial charge on any atom is 0.143 e. The Kier molecular flexibility index (Phi) is 2.89. The highest BCUT2D eigenvalue weighted by atomic mass is 15.2. The highest BCUT2D eigenvalue weighted by molar-refractivity contribution is 5.79. The number of anilines is 1. The van der Waals surface area contributed by atoms with Gasteiger partial charge in [0, 0.05) is 20.2 Å². The van der Waals surface area contributed by atoms with E-state index in [1.165, 1.54) is 11.1 Å². The molecule has 0 aliphatic carbocycles. The summed E-state index contributed by atoms with van der Waals surface area (Å²) < 4.78 is 2.00. The van der Waals surface area contributed by atoms with Crippen molar-refractivity contribution < 1.29 is 0 Å². The largest absolute Gasteiger partial charge is 0.363 e. The van der Waals surface area contributed by atoms with Gasteiger partial charge in [0.2, 0.25) is 0 Å². The van der Waals surface area contributed by atoms with E-state index < -0.39 is 0 Å². The summed E-state index contributed by atoms with van der Waals surface area (Å²) >= 11 is 0. The van der Waals surface area contributed by atoms with E-state index >= 15 is 0 Å². The zero-order valence-corrected chi connectivity index (χ0v) is 12.1. The molecular formula is C15H17N5. The molecule has 0 aliphatic rings. The monoisotopic (exact) mass is 267 g/mol. The summed E-state index contributed by atoms with van der Waals surface area (Å²) in [5, 5.41) is 0. The summed E-state index contributed by atoms with van der Waals surface area (Å²) in [6.07, 6.45) is 3.39. The molecule has 0 aliphatic heterocycles. The minimum absolute atomic E-state index is 0.828. The van der Waals surface area contributed by atoms with Crippen molar-refractivity contribution in [1.82, 2.24) is 19.5 Å². The molecule has 1 aromatic carbocycles. The van der Waals surface area contributed by atoms with Gasteiger partial charge in [-0.2, -0.15) is 0 Å². The minimum atomic E-state index is 0.828. The van der Waals surface area contributed by atoms with Gasteiger partial charge in [-0.3, -0.25) is 4.57 Å². The molecule has 0 atom stereocenters. The summed E-state index contributed by atoms with van der Waals surface area (Å²) in [5.74, 6) is 1.70. The summed E-state index contributed by atoms with van der Waals surface area (Å²) in [6.45, 7) is 4.21. The van der Waals surface area contributed by atoms with E-state index in [1.807, 2.05) is 36.0 Å². The topological polar surface area (TPSA) is 46.8 Å². The van der Waals surface area contributed by atoms with Crippen LogP contribution in [0, 0.1) is 13.8 Å². The Bertz CT molecular complexity index is 773. The second-order valence-electron chi connectivity index (χ2n) is 5.17. The van der Waals surface area contributed by atoms with Crippen LogP contribution in [0.25, 0.3) is 16.9 Å². The van der Waals surface area contributed by atoms with Crippen molar-refractivity contribution in [2.45, 2.75) is 13.8 Å². The van der Waals surface area contributed by atoms with E-state index in [1.54, 1.807) is 6.33 Å². The summed E-state index contributed by atoms with van der Waals surface area (Å²) in [4.78, 5) is 15.0. The Hall–Kier alpha value is -2.43. The fraction of sp³-hybridized carbons (Fsp3) is 0.267. The molecule has 0 bridgehead atoms. The number of aryl methyl sites for hydroxylation is 2. The quantitative estimate of drug-likeness (QED) is 0.715. The fourth-order valence-corrected chi connectivity index (χ4v) is 2.16. The van der Waals surface area contributed by atoms with Crippen molar-refractivity contribution in [3.8, 4) is 5.82 Å².